The van der Waals surface area contributed by atoms with E-state index in [9.17, 15) is 9.59 Å². The van der Waals surface area contributed by atoms with Crippen LogP contribution in [0.25, 0.3) is 11.3 Å². The lowest BCUT2D eigenvalue weighted by molar-refractivity contribution is -0.000943. The first-order valence-electron chi connectivity index (χ1n) is 9.61. The van der Waals surface area contributed by atoms with Crippen molar-refractivity contribution in [2.24, 2.45) is 0 Å². The van der Waals surface area contributed by atoms with Crippen molar-refractivity contribution in [3.63, 3.8) is 0 Å². The minimum atomic E-state index is -0.550. The normalized spacial score (nSPS) is 14.3. The molecule has 1 saturated heterocycles. The lowest BCUT2D eigenvalue weighted by atomic mass is 10.1. The molecule has 3 rings (SSSR count). The Morgan fingerprint density at radius 3 is 2.38 bits per heavy atom. The molecule has 0 bridgehead atoms. The van der Waals surface area contributed by atoms with Gasteiger partial charge in [-0.1, -0.05) is 0 Å². The van der Waals surface area contributed by atoms with E-state index in [-0.39, 0.29) is 18.7 Å². The molecule has 0 radical (unpaired) electrons. The van der Waals surface area contributed by atoms with E-state index < -0.39 is 11.6 Å². The third-order valence-corrected chi connectivity index (χ3v) is 4.47. The van der Waals surface area contributed by atoms with E-state index >= 15 is 0 Å². The number of carbonyl (C=O) groups excluding carboxylic acids is 2. The molecule has 2 heterocycles. The fraction of sp³-hybridized carbons (Fsp3) is 0.476. The van der Waals surface area contributed by atoms with Gasteiger partial charge in [0.25, 0.3) is 0 Å². The second-order valence-corrected chi connectivity index (χ2v) is 7.85. The van der Waals surface area contributed by atoms with Gasteiger partial charge in [-0.25, -0.2) is 9.59 Å². The van der Waals surface area contributed by atoms with Crippen LogP contribution in [0.4, 0.5) is 4.79 Å². The number of carbonyl (C=O) groups is 2. The fourth-order valence-corrected chi connectivity index (χ4v) is 3.02. The molecule has 0 unspecified atom stereocenters. The summed E-state index contributed by atoms with van der Waals surface area (Å²) in [5.74, 6) is 0.307. The first-order valence-corrected chi connectivity index (χ1v) is 9.61. The number of amides is 1. The molecule has 1 aromatic heterocycles. The maximum atomic E-state index is 12.4. The van der Waals surface area contributed by atoms with Crippen molar-refractivity contribution in [3.8, 4) is 17.0 Å². The van der Waals surface area contributed by atoms with Gasteiger partial charge in [0, 0.05) is 18.7 Å². The molecule has 1 amide bonds. The molecular weight excluding hydrogens is 374 g/mol. The Labute approximate surface area is 170 Å². The van der Waals surface area contributed by atoms with Gasteiger partial charge in [-0.15, -0.1) is 0 Å². The number of hydrogen-bond acceptors (Lipinski definition) is 6. The Morgan fingerprint density at radius 2 is 1.83 bits per heavy atom. The molecule has 8 heteroatoms. The minimum absolute atomic E-state index is 0.117. The maximum absolute atomic E-state index is 12.4. The quantitative estimate of drug-likeness (QED) is 0.713. The van der Waals surface area contributed by atoms with Crippen LogP contribution in [0.2, 0.25) is 0 Å². The predicted octanol–water partition coefficient (Wildman–Crippen LogP) is 3.53. The average Bonchev–Trinajstić information content (AvgIpc) is 3.04. The fourth-order valence-electron chi connectivity index (χ4n) is 3.02. The van der Waals surface area contributed by atoms with E-state index in [1.807, 2.05) is 45.0 Å². The van der Waals surface area contributed by atoms with Crippen molar-refractivity contribution in [2.45, 2.75) is 39.3 Å². The van der Waals surface area contributed by atoms with Crippen LogP contribution in [0.1, 0.15) is 44.2 Å². The molecule has 0 saturated carbocycles. The second-order valence-electron chi connectivity index (χ2n) is 7.85. The first kappa shape index (κ1) is 20.7. The number of likely N-dealkylation sites (tertiary alicyclic amines) is 1. The number of benzene rings is 1. The lowest BCUT2D eigenvalue weighted by Crippen LogP contribution is -2.52. The SMILES string of the molecule is CCOC(=O)c1cc(-c2ccc(OC)cc2)nn1C1CN(C(=O)OC(C)(C)C)C1. The number of rotatable bonds is 5. The smallest absolute Gasteiger partial charge is 0.410 e. The van der Waals surface area contributed by atoms with Crippen LogP contribution in [0, 0.1) is 0 Å². The van der Waals surface area contributed by atoms with Gasteiger partial charge in [0.2, 0.25) is 0 Å². The second kappa shape index (κ2) is 8.14. The van der Waals surface area contributed by atoms with Gasteiger partial charge in [-0.05, 0) is 58.0 Å². The summed E-state index contributed by atoms with van der Waals surface area (Å²) in [6.45, 7) is 8.37. The highest BCUT2D eigenvalue weighted by Crippen LogP contribution is 2.29. The summed E-state index contributed by atoms with van der Waals surface area (Å²) in [5.41, 5.74) is 1.34. The van der Waals surface area contributed by atoms with Crippen LogP contribution in [-0.4, -0.2) is 59.2 Å². The van der Waals surface area contributed by atoms with Crippen molar-refractivity contribution in [2.75, 3.05) is 26.8 Å². The van der Waals surface area contributed by atoms with Gasteiger partial charge in [-0.3, -0.25) is 4.68 Å². The summed E-state index contributed by atoms with van der Waals surface area (Å²) in [7, 11) is 1.61. The molecule has 156 valence electrons. The van der Waals surface area contributed by atoms with Gasteiger partial charge in [0.05, 0.1) is 25.5 Å². The molecule has 29 heavy (non-hydrogen) atoms. The van der Waals surface area contributed by atoms with Crippen LogP contribution >= 0.6 is 0 Å². The summed E-state index contributed by atoms with van der Waals surface area (Å²) < 4.78 is 17.4. The van der Waals surface area contributed by atoms with Gasteiger partial charge in [0.15, 0.2) is 0 Å². The van der Waals surface area contributed by atoms with Crippen LogP contribution < -0.4 is 4.74 Å². The van der Waals surface area contributed by atoms with Gasteiger partial charge < -0.3 is 19.1 Å². The highest BCUT2D eigenvalue weighted by Gasteiger charge is 2.37. The lowest BCUT2D eigenvalue weighted by Gasteiger charge is -2.40. The minimum Gasteiger partial charge on any atom is -0.497 e. The Hall–Kier alpha value is -3.03. The molecule has 1 fully saturated rings. The number of hydrogen-bond donors (Lipinski definition) is 0. The number of ether oxygens (including phenoxy) is 3. The molecule has 1 aliphatic heterocycles. The number of methoxy groups -OCH3 is 1. The molecule has 0 aliphatic carbocycles. The average molecular weight is 401 g/mol. The molecule has 2 aromatic rings. The Balaban J connectivity index is 1.81. The summed E-state index contributed by atoms with van der Waals surface area (Å²) >= 11 is 0. The van der Waals surface area contributed by atoms with Gasteiger partial charge in [-0.2, -0.15) is 5.10 Å². The van der Waals surface area contributed by atoms with E-state index in [0.717, 1.165) is 11.3 Å². The zero-order chi connectivity index (χ0) is 21.2. The van der Waals surface area contributed by atoms with E-state index in [0.29, 0.717) is 24.5 Å². The van der Waals surface area contributed by atoms with E-state index in [1.54, 1.807) is 29.7 Å². The number of aromatic nitrogens is 2. The molecule has 0 spiro atoms. The zero-order valence-electron chi connectivity index (χ0n) is 17.5. The van der Waals surface area contributed by atoms with E-state index in [1.165, 1.54) is 0 Å². The third-order valence-electron chi connectivity index (χ3n) is 4.47. The summed E-state index contributed by atoms with van der Waals surface area (Å²) in [6.07, 6.45) is -0.367. The topological polar surface area (TPSA) is 82.9 Å². The zero-order valence-corrected chi connectivity index (χ0v) is 17.5. The van der Waals surface area contributed by atoms with Crippen molar-refractivity contribution >= 4 is 12.1 Å². The first-order chi connectivity index (χ1) is 13.7. The van der Waals surface area contributed by atoms with Crippen LogP contribution in [0.5, 0.6) is 5.75 Å². The summed E-state index contributed by atoms with van der Waals surface area (Å²) in [6, 6.07) is 9.05. The highest BCUT2D eigenvalue weighted by atomic mass is 16.6. The standard InChI is InChI=1S/C21H27N3O5/c1-6-28-19(25)18-11-17(14-7-9-16(27-5)10-8-14)22-24(18)15-12-23(13-15)20(26)29-21(2,3)4/h7-11,15H,6,12-13H2,1-5H3. The van der Waals surface area contributed by atoms with Crippen LogP contribution in [0.3, 0.4) is 0 Å². The molecule has 0 N–H and O–H groups in total. The van der Waals surface area contributed by atoms with Crippen molar-refractivity contribution in [1.82, 2.24) is 14.7 Å². The number of nitrogens with zero attached hydrogens (tertiary/aromatic N) is 3. The van der Waals surface area contributed by atoms with E-state index in [2.05, 4.69) is 5.10 Å². The molecule has 1 aromatic carbocycles. The van der Waals surface area contributed by atoms with E-state index in [4.69, 9.17) is 14.2 Å². The maximum Gasteiger partial charge on any atom is 0.410 e. The molecule has 1 aliphatic rings. The summed E-state index contributed by atoms with van der Waals surface area (Å²) in [5, 5.41) is 4.63. The largest absolute Gasteiger partial charge is 0.497 e. The molecule has 0 atom stereocenters. The summed E-state index contributed by atoms with van der Waals surface area (Å²) in [4.78, 5) is 26.2. The van der Waals surface area contributed by atoms with Crippen LogP contribution in [-0.2, 0) is 9.47 Å². The van der Waals surface area contributed by atoms with Crippen molar-refractivity contribution in [1.29, 1.82) is 0 Å². The monoisotopic (exact) mass is 401 g/mol. The molecular formula is C21H27N3O5. The van der Waals surface area contributed by atoms with Crippen LogP contribution in [0.15, 0.2) is 30.3 Å². The Morgan fingerprint density at radius 1 is 1.17 bits per heavy atom. The third kappa shape index (κ3) is 4.70. The van der Waals surface area contributed by atoms with Crippen molar-refractivity contribution in [3.05, 3.63) is 36.0 Å². The predicted molar refractivity (Wildman–Crippen MR) is 107 cm³/mol. The molecule has 8 nitrogen and oxygen atoms in total. The Kier molecular flexibility index (Phi) is 5.81. The van der Waals surface area contributed by atoms with Crippen molar-refractivity contribution < 1.29 is 23.8 Å². The van der Waals surface area contributed by atoms with Gasteiger partial charge in [0.1, 0.15) is 17.0 Å². The highest BCUT2D eigenvalue weighted by molar-refractivity contribution is 5.89. The van der Waals surface area contributed by atoms with Gasteiger partial charge >= 0.3 is 12.1 Å². The number of esters is 1. The Bertz CT molecular complexity index is 877.